The number of benzene rings is 5. The van der Waals surface area contributed by atoms with Crippen LogP contribution in [0.15, 0.2) is 146 Å². The van der Waals surface area contributed by atoms with Gasteiger partial charge in [0.2, 0.25) is 21.8 Å². The van der Waals surface area contributed by atoms with Crippen molar-refractivity contribution in [2.24, 2.45) is 11.1 Å². The smallest absolute Gasteiger partial charge is 0.410 e. The van der Waals surface area contributed by atoms with E-state index in [2.05, 4.69) is 10.6 Å². The number of nitrogens with two attached hydrogens (primary N) is 1. The molecule has 5 aromatic carbocycles. The molecular formula is C54H63N5O10S2. The average Bonchev–Trinajstić information content (AvgIpc) is 3.34. The maximum absolute atomic E-state index is 15.6. The Balaban J connectivity index is 1.44. The summed E-state index contributed by atoms with van der Waals surface area (Å²) in [6.07, 6.45) is -2.15. The van der Waals surface area contributed by atoms with Gasteiger partial charge in [0.05, 0.1) is 16.5 Å². The van der Waals surface area contributed by atoms with Crippen LogP contribution in [0.25, 0.3) is 0 Å². The normalized spacial score (nSPS) is 15.1. The van der Waals surface area contributed by atoms with E-state index >= 15 is 4.79 Å². The number of aliphatic carboxylic acids is 1. The van der Waals surface area contributed by atoms with Crippen molar-refractivity contribution in [3.05, 3.63) is 179 Å². The Morgan fingerprint density at radius 1 is 0.775 bits per heavy atom. The third-order valence-corrected chi connectivity index (χ3v) is 14.5. The Hall–Kier alpha value is -6.69. The van der Waals surface area contributed by atoms with Crippen LogP contribution in [-0.2, 0) is 58.2 Å². The van der Waals surface area contributed by atoms with Crippen LogP contribution in [0.3, 0.4) is 0 Å². The number of amides is 4. The number of thioether (sulfide) groups is 1. The number of alkyl carbamates (subject to hydrolysis) is 1. The Morgan fingerprint density at radius 2 is 1.28 bits per heavy atom. The number of hydrogen-bond acceptors (Lipinski definition) is 10. The Kier molecular flexibility index (Phi) is 18.1. The van der Waals surface area contributed by atoms with Crippen LogP contribution in [0.1, 0.15) is 74.4 Å². The molecule has 17 heteroatoms. The first-order chi connectivity index (χ1) is 33.8. The van der Waals surface area contributed by atoms with Crippen LogP contribution in [0.4, 0.5) is 9.59 Å². The van der Waals surface area contributed by atoms with Crippen LogP contribution in [0, 0.1) is 5.92 Å². The highest BCUT2D eigenvalue weighted by Crippen LogP contribution is 2.48. The molecule has 15 nitrogen and oxygen atoms in total. The van der Waals surface area contributed by atoms with Gasteiger partial charge < -0.3 is 30.1 Å². The Labute approximate surface area is 420 Å². The van der Waals surface area contributed by atoms with Gasteiger partial charge in [-0.2, -0.15) is 0 Å². The molecule has 1 heterocycles. The van der Waals surface area contributed by atoms with Crippen LogP contribution in [-0.4, -0.2) is 101 Å². The Morgan fingerprint density at radius 3 is 1.77 bits per heavy atom. The number of nitrogens with zero attached hydrogens (tertiary/aromatic N) is 2. The summed E-state index contributed by atoms with van der Waals surface area (Å²) in [5.74, 6) is -4.14. The van der Waals surface area contributed by atoms with E-state index < -0.39 is 92.6 Å². The van der Waals surface area contributed by atoms with Crippen molar-refractivity contribution in [1.29, 1.82) is 0 Å². The molecule has 5 N–H and O–H groups in total. The molecule has 0 saturated carbocycles. The van der Waals surface area contributed by atoms with Crippen LogP contribution in [0.2, 0.25) is 0 Å². The summed E-state index contributed by atoms with van der Waals surface area (Å²) in [7, 11) is -4.08. The van der Waals surface area contributed by atoms with Gasteiger partial charge in [-0.1, -0.05) is 159 Å². The van der Waals surface area contributed by atoms with Gasteiger partial charge in [0.1, 0.15) is 30.3 Å². The third kappa shape index (κ3) is 14.5. The lowest BCUT2D eigenvalue weighted by molar-refractivity contribution is -0.148. The predicted molar refractivity (Wildman–Crippen MR) is 273 cm³/mol. The zero-order valence-electron chi connectivity index (χ0n) is 40.6. The lowest BCUT2D eigenvalue weighted by Crippen LogP contribution is -2.62. The summed E-state index contributed by atoms with van der Waals surface area (Å²) in [6, 6.07) is 41.0. The van der Waals surface area contributed by atoms with Crippen LogP contribution < -0.4 is 15.8 Å². The van der Waals surface area contributed by atoms with Gasteiger partial charge in [-0.05, 0) is 66.5 Å². The predicted octanol–water partition coefficient (Wildman–Crippen LogP) is 7.47. The molecule has 4 atom stereocenters. The van der Waals surface area contributed by atoms with Crippen LogP contribution in [0.5, 0.6) is 0 Å². The van der Waals surface area contributed by atoms with E-state index in [1.54, 1.807) is 71.0 Å². The minimum atomic E-state index is -4.08. The average molecular weight is 1010 g/mol. The van der Waals surface area contributed by atoms with Gasteiger partial charge in [-0.3, -0.25) is 14.5 Å². The Bertz CT molecular complexity index is 2610. The molecule has 0 bridgehead atoms. The molecule has 1 unspecified atom stereocenters. The fraction of sp³-hybridized carbons (Fsp3) is 0.352. The van der Waals surface area contributed by atoms with Crippen molar-refractivity contribution in [2.75, 3.05) is 18.1 Å². The maximum Gasteiger partial charge on any atom is 0.410 e. The van der Waals surface area contributed by atoms with E-state index in [-0.39, 0.29) is 31.9 Å². The molecule has 5 aromatic rings. The standard InChI is InChI=1S/C54H63N5O10S2/c1-37(2)47(49(61)58-33-40-23-19-18-22-39(40)32-46(58)48(60)57-45(50(62)63)30-31-71(55,66)67)59(52(65)68-35-38-20-10-6-11-21-38)34-44(56-51(64)69-53(3,4)5)36-70-54(41-24-12-7-13-25-41,42-26-14-8-15-27-42)43-28-16-9-17-29-43/h6-29,37,44-47H,30-36H2,1-5H3,(H,56,64)(H,57,60)(H,62,63)(H2,55,66,67)/t44-,45?,46+,47+/m1/s1. The summed E-state index contributed by atoms with van der Waals surface area (Å²) in [5, 5.41) is 20.7. The largest absolute Gasteiger partial charge is 0.480 e. The number of carboxylic acids is 1. The summed E-state index contributed by atoms with van der Waals surface area (Å²) in [4.78, 5) is 73.8. The highest BCUT2D eigenvalue weighted by atomic mass is 32.2. The highest BCUT2D eigenvalue weighted by molar-refractivity contribution is 8.00. The molecule has 6 rings (SSSR count). The zero-order valence-corrected chi connectivity index (χ0v) is 42.2. The number of fused-ring (bicyclic) bond motifs is 1. The number of ether oxygens (including phenoxy) is 2. The number of primary sulfonamides is 1. The lowest BCUT2D eigenvalue weighted by atomic mass is 9.84. The van der Waals surface area contributed by atoms with E-state index in [1.165, 1.54) is 21.6 Å². The van der Waals surface area contributed by atoms with Gasteiger partial charge in [0.25, 0.3) is 0 Å². The topological polar surface area (TPSA) is 215 Å². The monoisotopic (exact) mass is 1010 g/mol. The van der Waals surface area contributed by atoms with Gasteiger partial charge >= 0.3 is 18.2 Å². The van der Waals surface area contributed by atoms with Gasteiger partial charge in [-0.15, -0.1) is 11.8 Å². The lowest BCUT2D eigenvalue weighted by Gasteiger charge is -2.42. The zero-order chi connectivity index (χ0) is 51.3. The van der Waals surface area contributed by atoms with E-state index in [1.807, 2.05) is 109 Å². The van der Waals surface area contributed by atoms with Gasteiger partial charge in [-0.25, -0.2) is 27.9 Å². The summed E-state index contributed by atoms with van der Waals surface area (Å²) >= 11 is 1.54. The minimum Gasteiger partial charge on any atom is -0.480 e. The molecule has 0 saturated heterocycles. The second kappa shape index (κ2) is 23.9. The van der Waals surface area contributed by atoms with Crippen molar-refractivity contribution in [3.8, 4) is 0 Å². The fourth-order valence-corrected chi connectivity index (χ4v) is 10.8. The van der Waals surface area contributed by atoms with E-state index in [0.717, 1.165) is 27.8 Å². The fourth-order valence-electron chi connectivity index (χ4n) is 8.69. The number of nitrogens with one attached hydrogen (secondary N) is 2. The van der Waals surface area contributed by atoms with E-state index in [9.17, 15) is 32.7 Å². The molecule has 1 aliphatic heterocycles. The summed E-state index contributed by atoms with van der Waals surface area (Å²) in [6.45, 7) is 8.25. The molecule has 4 amide bonds. The number of hydrogen-bond donors (Lipinski definition) is 4. The quantitative estimate of drug-likeness (QED) is 0.0561. The van der Waals surface area contributed by atoms with Crippen molar-refractivity contribution >= 4 is 51.8 Å². The number of carbonyl (C=O) groups excluding carboxylic acids is 4. The highest BCUT2D eigenvalue weighted by Gasteiger charge is 2.45. The number of carboxylic acid groups (broad SMARTS) is 1. The second-order valence-electron chi connectivity index (χ2n) is 18.8. The first-order valence-corrected chi connectivity index (χ1v) is 26.1. The molecule has 0 fully saturated rings. The molecule has 0 aromatic heterocycles. The molecule has 71 heavy (non-hydrogen) atoms. The number of carbonyl (C=O) groups is 5. The SMILES string of the molecule is CC(C)[C@@H](C(=O)N1Cc2ccccc2C[C@H]1C(=O)NC(CCS(N)(=O)=O)C(=O)O)N(C[C@H](CSC(c1ccccc1)(c1ccccc1)c1ccccc1)NC(=O)OC(C)(C)C)C(=O)OCc1ccccc1. The molecule has 0 aliphatic carbocycles. The maximum atomic E-state index is 15.6. The van der Waals surface area contributed by atoms with Crippen molar-refractivity contribution in [3.63, 3.8) is 0 Å². The first kappa shape index (κ1) is 53.7. The second-order valence-corrected chi connectivity index (χ2v) is 21.8. The van der Waals surface area contributed by atoms with Crippen molar-refractivity contribution < 1.29 is 47.0 Å². The molecule has 1 aliphatic rings. The van der Waals surface area contributed by atoms with Gasteiger partial charge in [0, 0.05) is 25.3 Å². The number of rotatable bonds is 20. The summed E-state index contributed by atoms with van der Waals surface area (Å²) < 4.78 is 34.7. The molecule has 0 spiro atoms. The van der Waals surface area contributed by atoms with Crippen LogP contribution >= 0.6 is 11.8 Å². The van der Waals surface area contributed by atoms with Crippen molar-refractivity contribution in [2.45, 2.75) is 95.1 Å². The number of sulfonamides is 1. The van der Waals surface area contributed by atoms with E-state index in [0.29, 0.717) is 5.56 Å². The summed E-state index contributed by atoms with van der Waals surface area (Å²) in [5.41, 5.74) is 4.13. The van der Waals surface area contributed by atoms with Crippen molar-refractivity contribution in [1.82, 2.24) is 20.4 Å². The van der Waals surface area contributed by atoms with Gasteiger partial charge in [0.15, 0.2) is 0 Å². The molecular weight excluding hydrogens is 943 g/mol. The first-order valence-electron chi connectivity index (χ1n) is 23.4. The molecule has 376 valence electrons. The van der Waals surface area contributed by atoms with E-state index in [4.69, 9.17) is 14.6 Å². The third-order valence-electron chi connectivity index (χ3n) is 12.0. The minimum absolute atomic E-state index is 0.0153. The molecule has 0 radical (unpaired) electrons.